The molecule has 0 aromatic heterocycles. The molecule has 1 saturated heterocycles. The molecule has 0 bridgehead atoms. The number of methoxy groups -OCH3 is 1. The van der Waals surface area contributed by atoms with Crippen LogP contribution in [0.1, 0.15) is 28.4 Å². The first-order valence-electron chi connectivity index (χ1n) is 12.5. The fraction of sp³-hybridized carbons (Fsp3) is 0.200. The summed E-state index contributed by atoms with van der Waals surface area (Å²) >= 11 is 1.22. The van der Waals surface area contributed by atoms with Gasteiger partial charge in [-0.2, -0.15) is 0 Å². The van der Waals surface area contributed by atoms with Crippen LogP contribution in [0, 0.1) is 6.92 Å². The SMILES string of the molecule is CCOc1cc(C=C2SC(=Nc3cccc(C(=O)OC)c3)N(C)C2=O)ccc1OCC(=O)Nc1ccc(C)cc1. The second-order valence-corrected chi connectivity index (χ2v) is 9.76. The number of thioether (sulfide) groups is 1. The van der Waals surface area contributed by atoms with Gasteiger partial charge in [0.2, 0.25) is 0 Å². The Bertz CT molecular complexity index is 1480. The molecule has 0 saturated carbocycles. The van der Waals surface area contributed by atoms with E-state index in [0.29, 0.717) is 45.1 Å². The Labute approximate surface area is 236 Å². The Morgan fingerprint density at radius 3 is 2.52 bits per heavy atom. The van der Waals surface area contributed by atoms with E-state index in [1.54, 1.807) is 55.6 Å². The number of aliphatic imine (C=N–C) groups is 1. The molecule has 0 spiro atoms. The van der Waals surface area contributed by atoms with Gasteiger partial charge in [-0.1, -0.05) is 29.8 Å². The molecule has 1 fully saturated rings. The summed E-state index contributed by atoms with van der Waals surface area (Å²) in [5.41, 5.74) is 3.41. The van der Waals surface area contributed by atoms with Gasteiger partial charge in [-0.25, -0.2) is 9.79 Å². The van der Waals surface area contributed by atoms with Crippen LogP contribution in [-0.4, -0.2) is 55.2 Å². The molecule has 1 N–H and O–H groups in total. The predicted octanol–water partition coefficient (Wildman–Crippen LogP) is 5.43. The standard InChI is InChI=1S/C30H29N3O6S/c1-5-38-25-15-20(11-14-24(25)39-18-27(34)31-22-12-9-19(2)10-13-22)16-26-28(35)33(3)30(40-26)32-23-8-6-7-21(17-23)29(36)37-4/h6-17H,5,18H2,1-4H3,(H,31,34). The van der Waals surface area contributed by atoms with Crippen LogP contribution in [0.3, 0.4) is 0 Å². The van der Waals surface area contributed by atoms with E-state index in [-0.39, 0.29) is 18.4 Å². The van der Waals surface area contributed by atoms with E-state index in [0.717, 1.165) is 11.1 Å². The van der Waals surface area contributed by atoms with Crippen LogP contribution in [0.25, 0.3) is 6.08 Å². The lowest BCUT2D eigenvalue weighted by Crippen LogP contribution is -2.23. The maximum atomic E-state index is 12.9. The summed E-state index contributed by atoms with van der Waals surface area (Å²) in [7, 11) is 2.96. The van der Waals surface area contributed by atoms with E-state index < -0.39 is 5.97 Å². The Balaban J connectivity index is 1.48. The second kappa shape index (κ2) is 13.0. The molecule has 4 rings (SSSR count). The molecule has 1 heterocycles. The molecule has 0 unspecified atom stereocenters. The van der Waals surface area contributed by atoms with Crippen LogP contribution in [0.2, 0.25) is 0 Å². The topological polar surface area (TPSA) is 107 Å². The van der Waals surface area contributed by atoms with Crippen molar-refractivity contribution in [3.63, 3.8) is 0 Å². The van der Waals surface area contributed by atoms with Crippen molar-refractivity contribution in [1.82, 2.24) is 4.90 Å². The Kier molecular flexibility index (Phi) is 9.23. The van der Waals surface area contributed by atoms with E-state index in [9.17, 15) is 14.4 Å². The summed E-state index contributed by atoms with van der Waals surface area (Å²) in [6.07, 6.45) is 1.74. The molecule has 0 atom stereocenters. The van der Waals surface area contributed by atoms with Crippen molar-refractivity contribution in [3.8, 4) is 11.5 Å². The number of hydrogen-bond donors (Lipinski definition) is 1. The minimum absolute atomic E-state index is 0.190. The summed E-state index contributed by atoms with van der Waals surface area (Å²) in [5.74, 6) is -0.0949. The smallest absolute Gasteiger partial charge is 0.337 e. The van der Waals surface area contributed by atoms with Gasteiger partial charge < -0.3 is 19.5 Å². The van der Waals surface area contributed by atoms with Crippen molar-refractivity contribution in [2.45, 2.75) is 13.8 Å². The first-order valence-corrected chi connectivity index (χ1v) is 13.3. The minimum atomic E-state index is -0.462. The number of nitrogens with zero attached hydrogens (tertiary/aromatic N) is 2. The fourth-order valence-electron chi connectivity index (χ4n) is 3.71. The number of rotatable bonds is 9. The van der Waals surface area contributed by atoms with Crippen molar-refractivity contribution in [2.75, 3.05) is 32.7 Å². The number of carbonyl (C=O) groups is 3. The van der Waals surface area contributed by atoms with E-state index in [2.05, 4.69) is 10.3 Å². The molecule has 3 aromatic carbocycles. The van der Waals surface area contributed by atoms with Crippen molar-refractivity contribution in [1.29, 1.82) is 0 Å². The average Bonchev–Trinajstić information content (AvgIpc) is 3.21. The summed E-state index contributed by atoms with van der Waals surface area (Å²) in [6, 6.07) is 19.4. The van der Waals surface area contributed by atoms with E-state index in [1.807, 2.05) is 38.1 Å². The number of anilines is 1. The summed E-state index contributed by atoms with van der Waals surface area (Å²) in [4.78, 5) is 43.6. The van der Waals surface area contributed by atoms with E-state index in [4.69, 9.17) is 14.2 Å². The second-order valence-electron chi connectivity index (χ2n) is 8.75. The molecule has 3 aromatic rings. The molecule has 1 aliphatic heterocycles. The maximum Gasteiger partial charge on any atom is 0.337 e. The number of ether oxygens (including phenoxy) is 3. The molecular formula is C30H29N3O6S. The zero-order chi connectivity index (χ0) is 28.6. The van der Waals surface area contributed by atoms with Gasteiger partial charge in [0, 0.05) is 12.7 Å². The highest BCUT2D eigenvalue weighted by Gasteiger charge is 2.30. The van der Waals surface area contributed by atoms with Crippen LogP contribution < -0.4 is 14.8 Å². The van der Waals surface area contributed by atoms with Gasteiger partial charge in [-0.3, -0.25) is 14.5 Å². The third-order valence-corrected chi connectivity index (χ3v) is 6.82. The lowest BCUT2D eigenvalue weighted by molar-refractivity contribution is -0.121. The normalized spacial score (nSPS) is 14.9. The fourth-order valence-corrected chi connectivity index (χ4v) is 4.70. The number of carbonyl (C=O) groups excluding carboxylic acids is 3. The van der Waals surface area contributed by atoms with Gasteiger partial charge in [0.1, 0.15) is 0 Å². The Morgan fingerprint density at radius 2 is 1.80 bits per heavy atom. The third kappa shape index (κ3) is 7.09. The quantitative estimate of drug-likeness (QED) is 0.275. The summed E-state index contributed by atoms with van der Waals surface area (Å²) < 4.78 is 16.3. The van der Waals surface area contributed by atoms with Gasteiger partial charge >= 0.3 is 5.97 Å². The van der Waals surface area contributed by atoms with Gasteiger partial charge in [-0.05, 0) is 79.7 Å². The number of likely N-dealkylation sites (N-methyl/N-ethyl adjacent to an activating group) is 1. The summed E-state index contributed by atoms with van der Waals surface area (Å²) in [5, 5.41) is 3.27. The molecule has 206 valence electrons. The lowest BCUT2D eigenvalue weighted by Gasteiger charge is -2.13. The van der Waals surface area contributed by atoms with Gasteiger partial charge in [-0.15, -0.1) is 0 Å². The number of hydrogen-bond acceptors (Lipinski definition) is 8. The number of aryl methyl sites for hydroxylation is 1. The first-order chi connectivity index (χ1) is 19.3. The van der Waals surface area contributed by atoms with Crippen molar-refractivity contribution >= 4 is 52.2 Å². The van der Waals surface area contributed by atoms with Crippen molar-refractivity contribution < 1.29 is 28.6 Å². The highest BCUT2D eigenvalue weighted by molar-refractivity contribution is 8.18. The molecule has 2 amide bonds. The highest BCUT2D eigenvalue weighted by atomic mass is 32.2. The first kappa shape index (κ1) is 28.4. The Hall–Kier alpha value is -4.57. The van der Waals surface area contributed by atoms with Crippen LogP contribution in [-0.2, 0) is 14.3 Å². The predicted molar refractivity (Wildman–Crippen MR) is 156 cm³/mol. The van der Waals surface area contributed by atoms with Crippen molar-refractivity contribution in [2.24, 2.45) is 4.99 Å². The minimum Gasteiger partial charge on any atom is -0.490 e. The number of amidine groups is 1. The molecule has 40 heavy (non-hydrogen) atoms. The number of nitrogens with one attached hydrogen (secondary N) is 1. The molecule has 0 radical (unpaired) electrons. The number of esters is 1. The Morgan fingerprint density at radius 1 is 1.02 bits per heavy atom. The largest absolute Gasteiger partial charge is 0.490 e. The average molecular weight is 560 g/mol. The van der Waals surface area contributed by atoms with Crippen LogP contribution in [0.5, 0.6) is 11.5 Å². The monoisotopic (exact) mass is 559 g/mol. The van der Waals surface area contributed by atoms with E-state index >= 15 is 0 Å². The van der Waals surface area contributed by atoms with Crippen molar-refractivity contribution in [3.05, 3.63) is 88.3 Å². The van der Waals surface area contributed by atoms with Crippen LogP contribution >= 0.6 is 11.8 Å². The molecular weight excluding hydrogens is 530 g/mol. The molecule has 1 aliphatic rings. The van der Waals surface area contributed by atoms with Gasteiger partial charge in [0.15, 0.2) is 23.3 Å². The number of benzene rings is 3. The van der Waals surface area contributed by atoms with Crippen LogP contribution in [0.15, 0.2) is 76.6 Å². The summed E-state index contributed by atoms with van der Waals surface area (Å²) in [6.45, 7) is 4.03. The zero-order valence-corrected chi connectivity index (χ0v) is 23.4. The molecule has 9 nitrogen and oxygen atoms in total. The van der Waals surface area contributed by atoms with Gasteiger partial charge in [0.05, 0.1) is 29.9 Å². The van der Waals surface area contributed by atoms with Gasteiger partial charge in [0.25, 0.3) is 11.8 Å². The third-order valence-electron chi connectivity index (χ3n) is 5.76. The van der Waals surface area contributed by atoms with Crippen LogP contribution in [0.4, 0.5) is 11.4 Å². The maximum absolute atomic E-state index is 12.9. The molecule has 0 aliphatic carbocycles. The lowest BCUT2D eigenvalue weighted by atomic mass is 10.2. The highest BCUT2D eigenvalue weighted by Crippen LogP contribution is 2.35. The van der Waals surface area contributed by atoms with E-state index in [1.165, 1.54) is 23.8 Å². The zero-order valence-electron chi connectivity index (χ0n) is 22.6. The molecule has 10 heteroatoms. The number of amides is 2.